The number of benzene rings is 1. The molecule has 0 saturated carbocycles. The first-order valence-corrected chi connectivity index (χ1v) is 8.51. The number of rotatable bonds is 3. The number of imidazole rings is 1. The van der Waals surface area contributed by atoms with Gasteiger partial charge in [0.15, 0.2) is 0 Å². The average Bonchev–Trinajstić information content (AvgIpc) is 3.08. The minimum Gasteiger partial charge on any atom is -0.495 e. The number of nitrogens with zero attached hydrogens (tertiary/aromatic N) is 3. The summed E-state index contributed by atoms with van der Waals surface area (Å²) in [6.07, 6.45) is 2.99. The molecule has 3 aromatic rings. The van der Waals surface area contributed by atoms with Gasteiger partial charge in [-0.2, -0.15) is 0 Å². The third-order valence-electron chi connectivity index (χ3n) is 5.03. The second-order valence-electron chi connectivity index (χ2n) is 6.43. The SMILES string of the molecule is COc1cc2c3c([nH]c2cc1Cl)CCN(Cc1cnc(C)n1C)C3. The van der Waals surface area contributed by atoms with Crippen molar-refractivity contribution in [3.63, 3.8) is 0 Å². The molecule has 0 fully saturated rings. The third-order valence-corrected chi connectivity index (χ3v) is 5.32. The molecule has 1 aliphatic rings. The van der Waals surface area contributed by atoms with Gasteiger partial charge in [-0.15, -0.1) is 0 Å². The van der Waals surface area contributed by atoms with Crippen LogP contribution in [-0.2, 0) is 26.6 Å². The number of hydrogen-bond donors (Lipinski definition) is 1. The second kappa shape index (κ2) is 5.83. The lowest BCUT2D eigenvalue weighted by molar-refractivity contribution is 0.240. The molecule has 0 radical (unpaired) electrons. The van der Waals surface area contributed by atoms with Crippen molar-refractivity contribution in [1.29, 1.82) is 0 Å². The van der Waals surface area contributed by atoms with Crippen molar-refractivity contribution in [2.45, 2.75) is 26.4 Å². The number of fused-ring (bicyclic) bond motifs is 3. The number of aromatic nitrogens is 3. The van der Waals surface area contributed by atoms with Gasteiger partial charge >= 0.3 is 0 Å². The molecule has 24 heavy (non-hydrogen) atoms. The Kier molecular flexibility index (Phi) is 3.77. The summed E-state index contributed by atoms with van der Waals surface area (Å²) >= 11 is 6.26. The highest BCUT2D eigenvalue weighted by Gasteiger charge is 2.22. The molecule has 0 bridgehead atoms. The Hall–Kier alpha value is -1.98. The van der Waals surface area contributed by atoms with E-state index in [1.165, 1.54) is 22.3 Å². The third kappa shape index (κ3) is 2.48. The van der Waals surface area contributed by atoms with Crippen LogP contribution in [0.25, 0.3) is 10.9 Å². The predicted octanol–water partition coefficient (Wildman–Crippen LogP) is 3.43. The number of aryl methyl sites for hydroxylation is 1. The summed E-state index contributed by atoms with van der Waals surface area (Å²) in [7, 11) is 3.73. The number of ether oxygens (including phenoxy) is 1. The lowest BCUT2D eigenvalue weighted by atomic mass is 10.0. The molecule has 126 valence electrons. The van der Waals surface area contributed by atoms with E-state index in [0.29, 0.717) is 5.02 Å². The van der Waals surface area contributed by atoms with Gasteiger partial charge in [0.25, 0.3) is 0 Å². The maximum Gasteiger partial charge on any atom is 0.138 e. The summed E-state index contributed by atoms with van der Waals surface area (Å²) in [5.41, 5.74) is 5.00. The minimum absolute atomic E-state index is 0.644. The molecule has 1 aromatic carbocycles. The lowest BCUT2D eigenvalue weighted by Gasteiger charge is -2.27. The van der Waals surface area contributed by atoms with Gasteiger partial charge in [0.2, 0.25) is 0 Å². The lowest BCUT2D eigenvalue weighted by Crippen LogP contribution is -2.30. The highest BCUT2D eigenvalue weighted by atomic mass is 35.5. The van der Waals surface area contributed by atoms with Gasteiger partial charge in [0.05, 0.1) is 17.8 Å². The zero-order chi connectivity index (χ0) is 16.8. The first-order chi connectivity index (χ1) is 11.6. The van der Waals surface area contributed by atoms with E-state index in [4.69, 9.17) is 16.3 Å². The monoisotopic (exact) mass is 344 g/mol. The molecule has 0 aliphatic carbocycles. The molecular formula is C18H21ClN4O. The summed E-state index contributed by atoms with van der Waals surface area (Å²) in [6.45, 7) is 4.90. The Bertz CT molecular complexity index is 912. The Morgan fingerprint density at radius 2 is 2.21 bits per heavy atom. The van der Waals surface area contributed by atoms with Gasteiger partial charge in [0.1, 0.15) is 11.6 Å². The first-order valence-electron chi connectivity index (χ1n) is 8.13. The van der Waals surface area contributed by atoms with Crippen LogP contribution in [0.3, 0.4) is 0 Å². The van der Waals surface area contributed by atoms with E-state index >= 15 is 0 Å². The number of aromatic amines is 1. The quantitative estimate of drug-likeness (QED) is 0.791. The molecule has 2 aromatic heterocycles. The van der Waals surface area contributed by atoms with Gasteiger partial charge in [-0.1, -0.05) is 11.6 Å². The molecule has 4 rings (SSSR count). The molecule has 0 atom stereocenters. The Morgan fingerprint density at radius 1 is 1.38 bits per heavy atom. The van der Waals surface area contributed by atoms with Crippen molar-refractivity contribution in [2.75, 3.05) is 13.7 Å². The molecule has 6 heteroatoms. The van der Waals surface area contributed by atoms with Crippen molar-refractivity contribution < 1.29 is 4.74 Å². The van der Waals surface area contributed by atoms with Crippen LogP contribution in [0.4, 0.5) is 0 Å². The number of halogens is 1. The number of hydrogen-bond acceptors (Lipinski definition) is 3. The maximum absolute atomic E-state index is 6.26. The van der Waals surface area contributed by atoms with Crippen LogP contribution in [0.5, 0.6) is 5.75 Å². The molecule has 0 unspecified atom stereocenters. The van der Waals surface area contributed by atoms with Crippen LogP contribution in [0.1, 0.15) is 22.8 Å². The maximum atomic E-state index is 6.26. The van der Waals surface area contributed by atoms with Crippen molar-refractivity contribution in [3.8, 4) is 5.75 Å². The summed E-state index contributed by atoms with van der Waals surface area (Å²) in [6, 6.07) is 4.01. The fourth-order valence-corrected chi connectivity index (χ4v) is 3.73. The van der Waals surface area contributed by atoms with Gasteiger partial charge in [-0.05, 0) is 24.6 Å². The molecule has 1 N–H and O–H groups in total. The highest BCUT2D eigenvalue weighted by Crippen LogP contribution is 2.35. The molecule has 0 spiro atoms. The molecular weight excluding hydrogens is 324 g/mol. The van der Waals surface area contributed by atoms with Crippen LogP contribution in [0.2, 0.25) is 5.02 Å². The van der Waals surface area contributed by atoms with E-state index in [-0.39, 0.29) is 0 Å². The van der Waals surface area contributed by atoms with Crippen molar-refractivity contribution in [3.05, 3.63) is 46.1 Å². The van der Waals surface area contributed by atoms with E-state index in [0.717, 1.165) is 43.1 Å². The van der Waals surface area contributed by atoms with E-state index in [2.05, 4.69) is 26.5 Å². The van der Waals surface area contributed by atoms with E-state index in [1.807, 2.05) is 25.3 Å². The fraction of sp³-hybridized carbons (Fsp3) is 0.389. The molecule has 0 amide bonds. The normalized spacial score (nSPS) is 15.0. The standard InChI is InChI=1S/C18H21ClN4O/c1-11-20-8-12(22(11)2)9-23-5-4-16-14(10-23)13-6-18(24-3)15(19)7-17(13)21-16/h6-8,21H,4-5,9-10H2,1-3H3. The number of nitrogens with one attached hydrogen (secondary N) is 1. The van der Waals surface area contributed by atoms with Crippen molar-refractivity contribution in [1.82, 2.24) is 19.4 Å². The van der Waals surface area contributed by atoms with Crippen LogP contribution >= 0.6 is 11.6 Å². The fourth-order valence-electron chi connectivity index (χ4n) is 3.49. The predicted molar refractivity (Wildman–Crippen MR) is 95.6 cm³/mol. The summed E-state index contributed by atoms with van der Waals surface area (Å²) in [5.74, 6) is 1.78. The topological polar surface area (TPSA) is 46.1 Å². The summed E-state index contributed by atoms with van der Waals surface area (Å²) < 4.78 is 7.54. The van der Waals surface area contributed by atoms with E-state index < -0.39 is 0 Å². The Morgan fingerprint density at radius 3 is 2.92 bits per heavy atom. The minimum atomic E-state index is 0.644. The van der Waals surface area contributed by atoms with E-state index in [1.54, 1.807) is 7.11 Å². The molecule has 3 heterocycles. The van der Waals surface area contributed by atoms with Gasteiger partial charge < -0.3 is 14.3 Å². The second-order valence-corrected chi connectivity index (χ2v) is 6.84. The largest absolute Gasteiger partial charge is 0.495 e. The number of methoxy groups -OCH3 is 1. The summed E-state index contributed by atoms with van der Waals surface area (Å²) in [5, 5.41) is 1.85. The number of H-pyrrole nitrogens is 1. The zero-order valence-electron chi connectivity index (χ0n) is 14.2. The van der Waals surface area contributed by atoms with Crippen LogP contribution in [0.15, 0.2) is 18.3 Å². The van der Waals surface area contributed by atoms with E-state index in [9.17, 15) is 0 Å². The Labute approximate surface area is 146 Å². The molecule has 1 aliphatic heterocycles. The molecule has 0 saturated heterocycles. The van der Waals surface area contributed by atoms with Crippen LogP contribution in [-0.4, -0.2) is 33.1 Å². The molecule has 5 nitrogen and oxygen atoms in total. The van der Waals surface area contributed by atoms with Gasteiger partial charge in [-0.3, -0.25) is 4.90 Å². The van der Waals surface area contributed by atoms with Crippen molar-refractivity contribution >= 4 is 22.5 Å². The summed E-state index contributed by atoms with van der Waals surface area (Å²) in [4.78, 5) is 10.4. The average molecular weight is 345 g/mol. The highest BCUT2D eigenvalue weighted by molar-refractivity contribution is 6.32. The Balaban J connectivity index is 1.66. The van der Waals surface area contributed by atoms with Gasteiger partial charge in [0, 0.05) is 55.9 Å². The smallest absolute Gasteiger partial charge is 0.138 e. The first kappa shape index (κ1) is 15.5. The zero-order valence-corrected chi connectivity index (χ0v) is 14.9. The van der Waals surface area contributed by atoms with Gasteiger partial charge in [-0.25, -0.2) is 4.98 Å². The van der Waals surface area contributed by atoms with Crippen LogP contribution in [0, 0.1) is 6.92 Å². The van der Waals surface area contributed by atoms with Crippen molar-refractivity contribution in [2.24, 2.45) is 7.05 Å². The van der Waals surface area contributed by atoms with Crippen LogP contribution < -0.4 is 4.74 Å².